The third kappa shape index (κ3) is 0.728. The third-order valence-electron chi connectivity index (χ3n) is 4.18. The number of alkyl halides is 1. The quantitative estimate of drug-likeness (QED) is 0.491. The van der Waals surface area contributed by atoms with Crippen LogP contribution in [0.5, 0.6) is 0 Å². The molecule has 0 unspecified atom stereocenters. The molecule has 2 aliphatic heterocycles. The van der Waals surface area contributed by atoms with Crippen molar-refractivity contribution in [1.82, 2.24) is 0 Å². The Hall–Kier alpha value is -0.340. The SMILES string of the molecule is C[C@@]12C=C(CCl)[C@@H](O1)C(=O)C21CCC1. The number of carbonyl (C=O) groups excluding carboxylic acids is 1. The number of halogens is 1. The number of fused-ring (bicyclic) bond motifs is 3. The predicted molar refractivity (Wildman–Crippen MR) is 53.4 cm³/mol. The van der Waals surface area contributed by atoms with Gasteiger partial charge in [-0.15, -0.1) is 11.6 Å². The molecule has 3 aliphatic rings. The Labute approximate surface area is 88.3 Å². The summed E-state index contributed by atoms with van der Waals surface area (Å²) in [5.41, 5.74) is 0.432. The van der Waals surface area contributed by atoms with Crippen molar-refractivity contribution in [2.24, 2.45) is 5.41 Å². The number of hydrogen-bond acceptors (Lipinski definition) is 2. The smallest absolute Gasteiger partial charge is 0.175 e. The summed E-state index contributed by atoms with van der Waals surface area (Å²) in [6.45, 7) is 2.03. The van der Waals surface area contributed by atoms with E-state index in [1.807, 2.05) is 6.92 Å². The van der Waals surface area contributed by atoms with Crippen molar-refractivity contribution in [2.45, 2.75) is 37.9 Å². The van der Waals surface area contributed by atoms with E-state index in [1.165, 1.54) is 0 Å². The first kappa shape index (κ1) is 8.93. The number of Topliss-reactive ketones (excluding diaryl/α,β-unsaturated/α-hetero) is 1. The van der Waals surface area contributed by atoms with Crippen LogP contribution in [0.25, 0.3) is 0 Å². The molecule has 3 rings (SSSR count). The fraction of sp³-hybridized carbons (Fsp3) is 0.727. The highest BCUT2D eigenvalue weighted by Crippen LogP contribution is 2.61. The van der Waals surface area contributed by atoms with Crippen LogP contribution in [0.1, 0.15) is 26.2 Å². The van der Waals surface area contributed by atoms with Crippen LogP contribution in [0.2, 0.25) is 0 Å². The molecule has 1 saturated heterocycles. The highest BCUT2D eigenvalue weighted by molar-refractivity contribution is 6.20. The van der Waals surface area contributed by atoms with Crippen LogP contribution in [0.15, 0.2) is 11.6 Å². The normalized spacial score (nSPS) is 42.9. The summed E-state index contributed by atoms with van der Waals surface area (Å²) < 4.78 is 5.81. The van der Waals surface area contributed by atoms with Gasteiger partial charge in [-0.05, 0) is 31.4 Å². The molecule has 0 aromatic carbocycles. The van der Waals surface area contributed by atoms with Crippen LogP contribution in [0.3, 0.4) is 0 Å². The molecule has 14 heavy (non-hydrogen) atoms. The molecule has 2 atom stereocenters. The lowest BCUT2D eigenvalue weighted by Gasteiger charge is -2.46. The Morgan fingerprint density at radius 3 is 2.79 bits per heavy atom. The number of rotatable bonds is 1. The van der Waals surface area contributed by atoms with Gasteiger partial charge in [-0.3, -0.25) is 4.79 Å². The summed E-state index contributed by atoms with van der Waals surface area (Å²) in [6.07, 6.45) is 4.90. The van der Waals surface area contributed by atoms with E-state index >= 15 is 0 Å². The van der Waals surface area contributed by atoms with E-state index in [2.05, 4.69) is 6.08 Å². The lowest BCUT2D eigenvalue weighted by atomic mass is 9.55. The van der Waals surface area contributed by atoms with Crippen molar-refractivity contribution >= 4 is 17.4 Å². The fourth-order valence-electron chi connectivity index (χ4n) is 3.13. The first-order chi connectivity index (χ1) is 6.63. The Balaban J connectivity index is 2.08. The summed E-state index contributed by atoms with van der Waals surface area (Å²) in [6, 6.07) is 0. The lowest BCUT2D eigenvalue weighted by Crippen LogP contribution is -2.51. The summed E-state index contributed by atoms with van der Waals surface area (Å²) in [5, 5.41) is 0. The van der Waals surface area contributed by atoms with Crippen molar-refractivity contribution in [3.63, 3.8) is 0 Å². The molecule has 0 N–H and O–H groups in total. The van der Waals surface area contributed by atoms with E-state index in [1.54, 1.807) is 0 Å². The van der Waals surface area contributed by atoms with Crippen LogP contribution in [0, 0.1) is 5.41 Å². The summed E-state index contributed by atoms with van der Waals surface area (Å²) >= 11 is 5.78. The van der Waals surface area contributed by atoms with E-state index < -0.39 is 0 Å². The number of hydrogen-bond donors (Lipinski definition) is 0. The lowest BCUT2D eigenvalue weighted by molar-refractivity contribution is -0.133. The minimum absolute atomic E-state index is 0.187. The molecule has 2 bridgehead atoms. The standard InChI is InChI=1S/C11H13ClO2/c1-10-5-7(6-12)8(14-10)9(13)11(10)3-2-4-11/h5,8H,2-4,6H2,1H3/t8-,10+/m1/s1. The summed E-state index contributed by atoms with van der Waals surface area (Å²) in [7, 11) is 0. The molecule has 1 saturated carbocycles. The van der Waals surface area contributed by atoms with Gasteiger partial charge in [0, 0.05) is 5.88 Å². The molecule has 2 fully saturated rings. The highest BCUT2D eigenvalue weighted by Gasteiger charge is 2.68. The number of ketones is 1. The summed E-state index contributed by atoms with van der Waals surface area (Å²) in [4.78, 5) is 12.1. The predicted octanol–water partition coefficient (Wildman–Crippen LogP) is 2.06. The molecule has 0 amide bonds. The van der Waals surface area contributed by atoms with Crippen molar-refractivity contribution in [3.05, 3.63) is 11.6 Å². The van der Waals surface area contributed by atoms with Crippen LogP contribution >= 0.6 is 11.6 Å². The maximum atomic E-state index is 12.1. The Morgan fingerprint density at radius 2 is 2.36 bits per heavy atom. The van der Waals surface area contributed by atoms with Crippen molar-refractivity contribution in [3.8, 4) is 0 Å². The minimum Gasteiger partial charge on any atom is -0.355 e. The van der Waals surface area contributed by atoms with E-state index in [0.717, 1.165) is 24.8 Å². The third-order valence-corrected chi connectivity index (χ3v) is 4.49. The first-order valence-electron chi connectivity index (χ1n) is 5.13. The molecular formula is C11H13ClO2. The maximum absolute atomic E-state index is 12.1. The first-order valence-corrected chi connectivity index (χ1v) is 5.66. The van der Waals surface area contributed by atoms with Gasteiger partial charge < -0.3 is 4.74 Å². The monoisotopic (exact) mass is 212 g/mol. The molecule has 1 spiro atoms. The van der Waals surface area contributed by atoms with Gasteiger partial charge in [0.05, 0.1) is 11.0 Å². The van der Waals surface area contributed by atoms with Gasteiger partial charge in [-0.1, -0.05) is 6.42 Å². The molecule has 0 radical (unpaired) electrons. The van der Waals surface area contributed by atoms with Gasteiger partial charge in [-0.2, -0.15) is 0 Å². The Morgan fingerprint density at radius 1 is 1.64 bits per heavy atom. The number of carbonyl (C=O) groups is 1. The van der Waals surface area contributed by atoms with Gasteiger partial charge in [-0.25, -0.2) is 0 Å². The zero-order chi connectivity index (χ0) is 9.97. The molecule has 2 nitrogen and oxygen atoms in total. The molecule has 3 heteroatoms. The van der Waals surface area contributed by atoms with Crippen LogP contribution in [-0.4, -0.2) is 23.4 Å². The Bertz CT molecular complexity index is 343. The second kappa shape index (κ2) is 2.42. The molecule has 0 aromatic heterocycles. The molecule has 1 aliphatic carbocycles. The fourth-order valence-corrected chi connectivity index (χ4v) is 3.35. The van der Waals surface area contributed by atoms with Crippen molar-refractivity contribution in [2.75, 3.05) is 5.88 Å². The van der Waals surface area contributed by atoms with Crippen LogP contribution < -0.4 is 0 Å². The highest BCUT2D eigenvalue weighted by atomic mass is 35.5. The van der Waals surface area contributed by atoms with E-state index in [-0.39, 0.29) is 22.9 Å². The van der Waals surface area contributed by atoms with Crippen LogP contribution in [-0.2, 0) is 9.53 Å². The van der Waals surface area contributed by atoms with Gasteiger partial charge in [0.15, 0.2) is 5.78 Å². The summed E-state index contributed by atoms with van der Waals surface area (Å²) in [5.74, 6) is 0.701. The van der Waals surface area contributed by atoms with E-state index in [4.69, 9.17) is 16.3 Å². The molecular weight excluding hydrogens is 200 g/mol. The van der Waals surface area contributed by atoms with E-state index in [0.29, 0.717) is 5.88 Å². The zero-order valence-corrected chi connectivity index (χ0v) is 8.93. The van der Waals surface area contributed by atoms with Gasteiger partial charge in [0.2, 0.25) is 0 Å². The van der Waals surface area contributed by atoms with Gasteiger partial charge in [0.25, 0.3) is 0 Å². The van der Waals surface area contributed by atoms with Crippen molar-refractivity contribution < 1.29 is 9.53 Å². The van der Waals surface area contributed by atoms with Gasteiger partial charge in [0.1, 0.15) is 6.10 Å². The van der Waals surface area contributed by atoms with Crippen molar-refractivity contribution in [1.29, 1.82) is 0 Å². The van der Waals surface area contributed by atoms with Crippen LogP contribution in [0.4, 0.5) is 0 Å². The number of ether oxygens (including phenoxy) is 1. The average Bonchev–Trinajstić information content (AvgIpc) is 2.50. The van der Waals surface area contributed by atoms with Gasteiger partial charge >= 0.3 is 0 Å². The molecule has 76 valence electrons. The second-order valence-corrected chi connectivity index (χ2v) is 5.02. The average molecular weight is 213 g/mol. The minimum atomic E-state index is -0.350. The Kier molecular flexibility index (Phi) is 1.54. The second-order valence-electron chi connectivity index (χ2n) is 4.76. The molecule has 2 heterocycles. The van der Waals surface area contributed by atoms with E-state index in [9.17, 15) is 4.79 Å². The zero-order valence-electron chi connectivity index (χ0n) is 8.18. The largest absolute Gasteiger partial charge is 0.355 e. The maximum Gasteiger partial charge on any atom is 0.175 e. The topological polar surface area (TPSA) is 26.3 Å². The molecule has 0 aromatic rings.